The molecule has 0 N–H and O–H groups in total. The van der Waals surface area contributed by atoms with Crippen LogP contribution in [0.15, 0.2) is 12.3 Å². The summed E-state index contributed by atoms with van der Waals surface area (Å²) in [6.07, 6.45) is -3.32. The van der Waals surface area contributed by atoms with Gasteiger partial charge in [-0.1, -0.05) is 11.6 Å². The lowest BCUT2D eigenvalue weighted by Gasteiger charge is -2.09. The van der Waals surface area contributed by atoms with Gasteiger partial charge in [0.05, 0.1) is 22.2 Å². The van der Waals surface area contributed by atoms with Crippen molar-refractivity contribution in [1.29, 1.82) is 0 Å². The third-order valence-electron chi connectivity index (χ3n) is 1.37. The molecule has 0 bridgehead atoms. The molecule has 1 heterocycles. The van der Waals surface area contributed by atoms with E-state index in [9.17, 15) is 13.2 Å². The molecule has 0 unspecified atom stereocenters. The molecule has 0 aliphatic carbocycles. The van der Waals surface area contributed by atoms with Gasteiger partial charge in [0.1, 0.15) is 0 Å². The summed E-state index contributed by atoms with van der Waals surface area (Å²) in [6, 6.07) is 0.812. The van der Waals surface area contributed by atoms with E-state index in [-0.39, 0.29) is 16.6 Å². The monoisotopic (exact) mass is 229 g/mol. The molecule has 0 aliphatic rings. The first-order chi connectivity index (χ1) is 5.95. The zero-order valence-electron chi connectivity index (χ0n) is 6.20. The number of hydrogen-bond acceptors (Lipinski definition) is 1. The first-order valence-corrected chi connectivity index (χ1v) is 4.14. The highest BCUT2D eigenvalue weighted by Gasteiger charge is 2.34. The minimum absolute atomic E-state index is 0.0545. The Bertz CT molecular complexity index is 311. The summed E-state index contributed by atoms with van der Waals surface area (Å²) < 4.78 is 36.8. The Balaban J connectivity index is 3.24. The molecule has 0 amide bonds. The van der Waals surface area contributed by atoms with Gasteiger partial charge < -0.3 is 0 Å². The first-order valence-electron chi connectivity index (χ1n) is 3.22. The first kappa shape index (κ1) is 10.6. The largest absolute Gasteiger partial charge is 0.418 e. The van der Waals surface area contributed by atoms with E-state index < -0.39 is 11.7 Å². The number of alkyl halides is 4. The molecule has 0 saturated carbocycles. The lowest BCUT2D eigenvalue weighted by Crippen LogP contribution is -2.09. The summed E-state index contributed by atoms with van der Waals surface area (Å²) in [5.74, 6) is -0.286. The number of aromatic nitrogens is 1. The molecule has 0 radical (unpaired) electrons. The average Bonchev–Trinajstić information content (AvgIpc) is 2.03. The minimum atomic E-state index is -4.46. The Kier molecular flexibility index (Phi) is 3.03. The number of hydrogen-bond donors (Lipinski definition) is 0. The lowest BCUT2D eigenvalue weighted by atomic mass is 10.2. The van der Waals surface area contributed by atoms with Crippen LogP contribution >= 0.6 is 23.2 Å². The third kappa shape index (κ3) is 2.48. The number of nitrogens with zero attached hydrogens (tertiary/aromatic N) is 1. The van der Waals surface area contributed by atoms with E-state index in [2.05, 4.69) is 4.98 Å². The van der Waals surface area contributed by atoms with Crippen LogP contribution in [0.2, 0.25) is 5.02 Å². The van der Waals surface area contributed by atoms with Gasteiger partial charge in [-0.15, -0.1) is 11.6 Å². The Hall–Kier alpha value is -0.480. The predicted octanol–water partition coefficient (Wildman–Crippen LogP) is 3.49. The van der Waals surface area contributed by atoms with Crippen molar-refractivity contribution in [3.8, 4) is 0 Å². The summed E-state index contributed by atoms with van der Waals surface area (Å²) in [6.45, 7) is 0. The van der Waals surface area contributed by atoms with E-state index in [4.69, 9.17) is 23.2 Å². The summed E-state index contributed by atoms with van der Waals surface area (Å²) in [5, 5.41) is -0.0545. The fourth-order valence-corrected chi connectivity index (χ4v) is 1.19. The van der Waals surface area contributed by atoms with E-state index >= 15 is 0 Å². The molecule has 6 heteroatoms. The molecule has 0 saturated heterocycles. The van der Waals surface area contributed by atoms with Crippen molar-refractivity contribution < 1.29 is 13.2 Å². The van der Waals surface area contributed by atoms with Gasteiger partial charge in [-0.05, 0) is 6.07 Å². The van der Waals surface area contributed by atoms with Crippen molar-refractivity contribution in [1.82, 2.24) is 4.98 Å². The van der Waals surface area contributed by atoms with Crippen molar-refractivity contribution in [2.75, 3.05) is 0 Å². The van der Waals surface area contributed by atoms with Gasteiger partial charge in [0.15, 0.2) is 0 Å². The summed E-state index contributed by atoms with van der Waals surface area (Å²) in [5.41, 5.74) is -1.09. The number of rotatable bonds is 1. The van der Waals surface area contributed by atoms with Crippen LogP contribution in [0, 0.1) is 0 Å². The molecule has 1 nitrogen and oxygen atoms in total. The summed E-state index contributed by atoms with van der Waals surface area (Å²) in [7, 11) is 0. The Morgan fingerprint density at radius 3 is 2.46 bits per heavy atom. The van der Waals surface area contributed by atoms with Gasteiger partial charge in [0.25, 0.3) is 0 Å². The molecular formula is C7H4Cl2F3N. The average molecular weight is 230 g/mol. The van der Waals surface area contributed by atoms with Crippen molar-refractivity contribution in [3.05, 3.63) is 28.5 Å². The quantitative estimate of drug-likeness (QED) is 0.673. The highest BCUT2D eigenvalue weighted by molar-refractivity contribution is 6.30. The van der Waals surface area contributed by atoms with Gasteiger partial charge >= 0.3 is 6.18 Å². The number of halogens is 5. The highest BCUT2D eigenvalue weighted by atomic mass is 35.5. The van der Waals surface area contributed by atoms with Crippen LogP contribution in [-0.4, -0.2) is 4.98 Å². The third-order valence-corrected chi connectivity index (χ3v) is 1.83. The zero-order chi connectivity index (χ0) is 10.1. The standard InChI is InChI=1S/C7H4Cl2F3N/c8-2-6-5(7(10,11)12)1-4(9)3-13-6/h1,3H,2H2. The van der Waals surface area contributed by atoms with Crippen LogP contribution in [0.25, 0.3) is 0 Å². The van der Waals surface area contributed by atoms with E-state index in [0.29, 0.717) is 0 Å². The molecule has 1 aromatic rings. The Morgan fingerprint density at radius 1 is 1.38 bits per heavy atom. The fourth-order valence-electron chi connectivity index (χ4n) is 0.820. The van der Waals surface area contributed by atoms with Crippen LogP contribution in [0.5, 0.6) is 0 Å². The topological polar surface area (TPSA) is 12.9 Å². The summed E-state index contributed by atoms with van der Waals surface area (Å²) >= 11 is 10.7. The molecule has 0 atom stereocenters. The Labute approximate surface area is 82.5 Å². The summed E-state index contributed by atoms with van der Waals surface area (Å²) in [4.78, 5) is 3.48. The second kappa shape index (κ2) is 3.72. The van der Waals surface area contributed by atoms with E-state index in [1.54, 1.807) is 0 Å². The molecular weight excluding hydrogens is 226 g/mol. The molecule has 1 rings (SSSR count). The van der Waals surface area contributed by atoms with Gasteiger partial charge in [0.2, 0.25) is 0 Å². The van der Waals surface area contributed by atoms with E-state index in [1.807, 2.05) is 0 Å². The highest BCUT2D eigenvalue weighted by Crippen LogP contribution is 2.33. The van der Waals surface area contributed by atoms with Crippen LogP contribution in [0.1, 0.15) is 11.3 Å². The van der Waals surface area contributed by atoms with E-state index in [1.165, 1.54) is 0 Å². The van der Waals surface area contributed by atoms with Gasteiger partial charge in [0, 0.05) is 6.20 Å². The van der Waals surface area contributed by atoms with Crippen LogP contribution in [0.3, 0.4) is 0 Å². The zero-order valence-corrected chi connectivity index (χ0v) is 7.71. The molecule has 1 aromatic heterocycles. The van der Waals surface area contributed by atoms with Crippen molar-refractivity contribution in [3.63, 3.8) is 0 Å². The maximum Gasteiger partial charge on any atom is 0.418 e. The van der Waals surface area contributed by atoms with Crippen molar-refractivity contribution in [2.45, 2.75) is 12.1 Å². The maximum atomic E-state index is 12.3. The fraction of sp³-hybridized carbons (Fsp3) is 0.286. The second-order valence-corrected chi connectivity index (χ2v) is 2.98. The molecule has 0 aliphatic heterocycles. The number of pyridine rings is 1. The van der Waals surface area contributed by atoms with E-state index in [0.717, 1.165) is 12.3 Å². The maximum absolute atomic E-state index is 12.3. The second-order valence-electron chi connectivity index (χ2n) is 2.28. The van der Waals surface area contributed by atoms with Gasteiger partial charge in [-0.25, -0.2) is 0 Å². The molecule has 0 spiro atoms. The molecule has 0 fully saturated rings. The van der Waals surface area contributed by atoms with Crippen molar-refractivity contribution >= 4 is 23.2 Å². The van der Waals surface area contributed by atoms with Gasteiger partial charge in [-0.2, -0.15) is 13.2 Å². The lowest BCUT2D eigenvalue weighted by molar-refractivity contribution is -0.138. The molecule has 13 heavy (non-hydrogen) atoms. The van der Waals surface area contributed by atoms with Crippen LogP contribution in [-0.2, 0) is 12.1 Å². The Morgan fingerprint density at radius 2 is 2.00 bits per heavy atom. The normalized spacial score (nSPS) is 11.8. The minimum Gasteiger partial charge on any atom is -0.258 e. The van der Waals surface area contributed by atoms with Gasteiger partial charge in [-0.3, -0.25) is 4.98 Å². The van der Waals surface area contributed by atoms with Crippen molar-refractivity contribution in [2.24, 2.45) is 0 Å². The SMILES string of the molecule is FC(F)(F)c1cc(Cl)cnc1CCl. The van der Waals surface area contributed by atoms with Crippen LogP contribution < -0.4 is 0 Å². The molecule has 72 valence electrons. The smallest absolute Gasteiger partial charge is 0.258 e. The predicted molar refractivity (Wildman–Crippen MR) is 43.8 cm³/mol. The molecule has 0 aromatic carbocycles. The van der Waals surface area contributed by atoms with Crippen LogP contribution in [0.4, 0.5) is 13.2 Å².